The van der Waals surface area contributed by atoms with Crippen molar-refractivity contribution < 1.29 is 18.7 Å². The molecule has 0 radical (unpaired) electrons. The molecule has 0 aliphatic rings. The number of pyridine rings is 1. The van der Waals surface area contributed by atoms with Gasteiger partial charge in [0, 0.05) is 12.4 Å². The van der Waals surface area contributed by atoms with Crippen LogP contribution in [-0.4, -0.2) is 23.0 Å². The summed E-state index contributed by atoms with van der Waals surface area (Å²) in [6.07, 6.45) is 1.81. The molecule has 1 heterocycles. The number of ether oxygens (including phenoxy) is 1. The molecule has 0 aliphatic carbocycles. The molecule has 22 heavy (non-hydrogen) atoms. The fourth-order valence-corrected chi connectivity index (χ4v) is 1.81. The van der Waals surface area contributed by atoms with Gasteiger partial charge in [-0.1, -0.05) is 11.6 Å². The number of nitrogens with one attached hydrogen (secondary N) is 1. The molecule has 1 aromatic carbocycles. The van der Waals surface area contributed by atoms with Gasteiger partial charge in [-0.05, 0) is 37.3 Å². The van der Waals surface area contributed by atoms with Crippen molar-refractivity contribution >= 4 is 29.2 Å². The first kappa shape index (κ1) is 15.9. The van der Waals surface area contributed by atoms with Crippen LogP contribution in [0, 0.1) is 5.82 Å². The highest BCUT2D eigenvalue weighted by molar-refractivity contribution is 6.33. The maximum Gasteiger partial charge on any atom is 0.340 e. The molecule has 2 rings (SSSR count). The van der Waals surface area contributed by atoms with Crippen molar-refractivity contribution in [2.75, 3.05) is 5.32 Å². The van der Waals surface area contributed by atoms with Crippen LogP contribution in [0.4, 0.5) is 10.1 Å². The number of halogens is 2. The van der Waals surface area contributed by atoms with Gasteiger partial charge in [-0.25, -0.2) is 9.18 Å². The summed E-state index contributed by atoms with van der Waals surface area (Å²) in [5, 5.41) is 2.52. The third kappa shape index (κ3) is 4.02. The van der Waals surface area contributed by atoms with Crippen LogP contribution in [0.3, 0.4) is 0 Å². The van der Waals surface area contributed by atoms with Crippen LogP contribution < -0.4 is 5.32 Å². The molecule has 7 heteroatoms. The molecule has 0 fully saturated rings. The topological polar surface area (TPSA) is 68.3 Å². The van der Waals surface area contributed by atoms with Gasteiger partial charge in [-0.15, -0.1) is 0 Å². The van der Waals surface area contributed by atoms with Gasteiger partial charge in [0.05, 0.1) is 16.3 Å². The third-order valence-corrected chi connectivity index (χ3v) is 3.05. The first-order valence-electron chi connectivity index (χ1n) is 6.34. The Morgan fingerprint density at radius 3 is 2.77 bits per heavy atom. The van der Waals surface area contributed by atoms with Gasteiger partial charge in [-0.2, -0.15) is 0 Å². The van der Waals surface area contributed by atoms with Crippen LogP contribution in [-0.2, 0) is 9.53 Å². The summed E-state index contributed by atoms with van der Waals surface area (Å²) in [4.78, 5) is 27.6. The Morgan fingerprint density at radius 2 is 2.14 bits per heavy atom. The molecule has 0 saturated heterocycles. The number of carbonyl (C=O) groups is 2. The maximum atomic E-state index is 12.9. The second kappa shape index (κ2) is 7.00. The lowest BCUT2D eigenvalue weighted by atomic mass is 10.2. The fourth-order valence-electron chi connectivity index (χ4n) is 1.59. The summed E-state index contributed by atoms with van der Waals surface area (Å²) in [6.45, 7) is 1.42. The van der Waals surface area contributed by atoms with Crippen LogP contribution in [0.5, 0.6) is 0 Å². The van der Waals surface area contributed by atoms with Crippen LogP contribution in [0.1, 0.15) is 17.3 Å². The van der Waals surface area contributed by atoms with Crippen LogP contribution in [0.15, 0.2) is 42.7 Å². The zero-order valence-electron chi connectivity index (χ0n) is 11.5. The van der Waals surface area contributed by atoms with E-state index in [4.69, 9.17) is 16.3 Å². The number of amides is 1. The minimum absolute atomic E-state index is 0.0548. The molecule has 0 unspecified atom stereocenters. The Hall–Kier alpha value is -2.47. The van der Waals surface area contributed by atoms with Gasteiger partial charge in [0.25, 0.3) is 5.91 Å². The number of hydrogen-bond acceptors (Lipinski definition) is 4. The minimum Gasteiger partial charge on any atom is -0.449 e. The Bertz CT molecular complexity index is 694. The van der Waals surface area contributed by atoms with Crippen LogP contribution >= 0.6 is 11.6 Å². The fraction of sp³-hybridized carbons (Fsp3) is 0.133. The second-order valence-corrected chi connectivity index (χ2v) is 4.81. The van der Waals surface area contributed by atoms with E-state index in [0.717, 1.165) is 12.1 Å². The van der Waals surface area contributed by atoms with E-state index in [-0.39, 0.29) is 16.3 Å². The quantitative estimate of drug-likeness (QED) is 0.878. The monoisotopic (exact) mass is 322 g/mol. The molecule has 0 bridgehead atoms. The van der Waals surface area contributed by atoms with Crippen molar-refractivity contribution in [3.63, 3.8) is 0 Å². The molecular formula is C15H12ClFN2O3. The van der Waals surface area contributed by atoms with E-state index in [0.29, 0.717) is 0 Å². The van der Waals surface area contributed by atoms with Crippen LogP contribution in [0.2, 0.25) is 5.02 Å². The molecule has 1 aromatic heterocycles. The minimum atomic E-state index is -1.05. The lowest BCUT2D eigenvalue weighted by molar-refractivity contribution is -0.123. The average molecular weight is 323 g/mol. The van der Waals surface area contributed by atoms with E-state index < -0.39 is 23.8 Å². The number of esters is 1. The van der Waals surface area contributed by atoms with E-state index in [9.17, 15) is 14.0 Å². The Morgan fingerprint density at radius 1 is 1.36 bits per heavy atom. The van der Waals surface area contributed by atoms with Crippen molar-refractivity contribution in [1.29, 1.82) is 0 Å². The highest BCUT2D eigenvalue weighted by atomic mass is 35.5. The van der Waals surface area contributed by atoms with Crippen molar-refractivity contribution in [1.82, 2.24) is 4.98 Å². The van der Waals surface area contributed by atoms with Crippen LogP contribution in [0.25, 0.3) is 0 Å². The van der Waals surface area contributed by atoms with E-state index in [1.54, 1.807) is 6.07 Å². The largest absolute Gasteiger partial charge is 0.449 e. The van der Waals surface area contributed by atoms with Gasteiger partial charge in [0.15, 0.2) is 6.10 Å². The highest BCUT2D eigenvalue weighted by Gasteiger charge is 2.19. The van der Waals surface area contributed by atoms with Gasteiger partial charge in [0.1, 0.15) is 5.82 Å². The van der Waals surface area contributed by atoms with Crippen molar-refractivity contribution in [2.45, 2.75) is 13.0 Å². The van der Waals surface area contributed by atoms with E-state index in [2.05, 4.69) is 10.3 Å². The first-order chi connectivity index (χ1) is 10.5. The summed E-state index contributed by atoms with van der Waals surface area (Å²) in [7, 11) is 0. The Labute approximate surface area is 131 Å². The van der Waals surface area contributed by atoms with Gasteiger partial charge in [-0.3, -0.25) is 9.78 Å². The normalized spacial score (nSPS) is 11.6. The number of carbonyl (C=O) groups excluding carboxylic acids is 2. The zero-order valence-corrected chi connectivity index (χ0v) is 12.3. The van der Waals surface area contributed by atoms with Gasteiger partial charge < -0.3 is 10.1 Å². The first-order valence-corrected chi connectivity index (χ1v) is 6.72. The smallest absolute Gasteiger partial charge is 0.340 e. The molecule has 114 valence electrons. The van der Waals surface area contributed by atoms with E-state index in [1.165, 1.54) is 31.5 Å². The molecule has 0 spiro atoms. The van der Waals surface area contributed by atoms with Gasteiger partial charge in [0.2, 0.25) is 0 Å². The molecule has 1 amide bonds. The third-order valence-electron chi connectivity index (χ3n) is 2.74. The number of benzene rings is 1. The zero-order chi connectivity index (χ0) is 16.1. The standard InChI is InChI=1S/C15H12ClFN2O3/c1-9(22-15(21)10-3-2-6-18-8-10)14(20)19-13-5-4-11(17)7-12(13)16/h2-9H,1H3,(H,19,20)/t9-/m1/s1. The maximum absolute atomic E-state index is 12.9. The van der Waals surface area contributed by atoms with Crippen molar-refractivity contribution in [2.24, 2.45) is 0 Å². The molecule has 1 atom stereocenters. The Balaban J connectivity index is 1.99. The summed E-state index contributed by atoms with van der Waals surface area (Å²) < 4.78 is 18.0. The SMILES string of the molecule is C[C@@H](OC(=O)c1cccnc1)C(=O)Nc1ccc(F)cc1Cl. The van der Waals surface area contributed by atoms with Crippen molar-refractivity contribution in [3.05, 3.63) is 59.1 Å². The molecule has 5 nitrogen and oxygen atoms in total. The average Bonchev–Trinajstić information content (AvgIpc) is 2.50. The van der Waals surface area contributed by atoms with Gasteiger partial charge >= 0.3 is 5.97 Å². The highest BCUT2D eigenvalue weighted by Crippen LogP contribution is 2.22. The summed E-state index contributed by atoms with van der Waals surface area (Å²) in [5.41, 5.74) is 0.472. The molecular weight excluding hydrogens is 311 g/mol. The predicted molar refractivity (Wildman–Crippen MR) is 79.2 cm³/mol. The summed E-state index contributed by atoms with van der Waals surface area (Å²) >= 11 is 5.81. The summed E-state index contributed by atoms with van der Waals surface area (Å²) in [5.74, 6) is -1.76. The lowest BCUT2D eigenvalue weighted by Crippen LogP contribution is -2.30. The second-order valence-electron chi connectivity index (χ2n) is 4.40. The Kier molecular flexibility index (Phi) is 5.06. The molecule has 0 aliphatic heterocycles. The number of rotatable bonds is 4. The number of nitrogens with zero attached hydrogens (tertiary/aromatic N) is 1. The molecule has 2 aromatic rings. The molecule has 0 saturated carbocycles. The van der Waals surface area contributed by atoms with E-state index >= 15 is 0 Å². The summed E-state index contributed by atoms with van der Waals surface area (Å²) in [6, 6.07) is 6.67. The number of hydrogen-bond donors (Lipinski definition) is 1. The lowest BCUT2D eigenvalue weighted by Gasteiger charge is -2.14. The number of anilines is 1. The molecule has 1 N–H and O–H groups in total. The number of aromatic nitrogens is 1. The van der Waals surface area contributed by atoms with Crippen molar-refractivity contribution in [3.8, 4) is 0 Å². The predicted octanol–water partition coefficient (Wildman–Crippen LogP) is 3.06. The van der Waals surface area contributed by atoms with E-state index in [1.807, 2.05) is 0 Å².